The van der Waals surface area contributed by atoms with Gasteiger partial charge in [-0.15, -0.1) is 34.0 Å². The minimum atomic E-state index is -0.416. The van der Waals surface area contributed by atoms with Crippen LogP contribution < -0.4 is 4.90 Å². The number of fused-ring (bicyclic) bond motifs is 18. The van der Waals surface area contributed by atoms with Crippen LogP contribution in [0.25, 0.3) is 68.5 Å². The molecule has 0 saturated carbocycles. The van der Waals surface area contributed by atoms with Crippen molar-refractivity contribution in [2.24, 2.45) is 0 Å². The Morgan fingerprint density at radius 2 is 1.02 bits per heavy atom. The van der Waals surface area contributed by atoms with E-state index >= 15 is 0 Å². The third kappa shape index (κ3) is 3.97. The first-order valence-electron chi connectivity index (χ1n) is 20.3. The highest BCUT2D eigenvalue weighted by Crippen LogP contribution is 2.67. The number of para-hydroxylation sites is 3. The second kappa shape index (κ2) is 11.3. The van der Waals surface area contributed by atoms with Gasteiger partial charge in [-0.3, -0.25) is 0 Å². The Kier molecular flexibility index (Phi) is 6.25. The molecule has 0 saturated heterocycles. The third-order valence-corrected chi connectivity index (χ3v) is 16.9. The maximum absolute atomic E-state index is 2.59. The second-order valence-electron chi connectivity index (χ2n) is 16.8. The molecule has 5 heteroatoms. The smallest absolute Gasteiger partial charge is 0.0771 e. The molecule has 0 unspecified atom stereocenters. The van der Waals surface area contributed by atoms with Gasteiger partial charge in [0.15, 0.2) is 0 Å². The molecule has 11 aromatic rings. The zero-order valence-electron chi connectivity index (χ0n) is 32.3. The van der Waals surface area contributed by atoms with E-state index in [1.807, 2.05) is 34.0 Å². The molecule has 1 spiro atoms. The number of aromatic nitrogens is 1. The van der Waals surface area contributed by atoms with E-state index in [0.717, 1.165) is 0 Å². The molecule has 0 N–H and O–H groups in total. The summed E-state index contributed by atoms with van der Waals surface area (Å²) in [6.45, 7) is 4.81. The summed E-state index contributed by atoms with van der Waals surface area (Å²) in [6, 6.07) is 60.1. The summed E-state index contributed by atoms with van der Waals surface area (Å²) in [5.74, 6) is 0. The van der Waals surface area contributed by atoms with E-state index in [9.17, 15) is 0 Å². The van der Waals surface area contributed by atoms with Crippen molar-refractivity contribution >= 4 is 93.1 Å². The Balaban J connectivity index is 1.05. The van der Waals surface area contributed by atoms with Crippen molar-refractivity contribution in [1.29, 1.82) is 0 Å². The third-order valence-electron chi connectivity index (χ3n) is 13.8. The number of thiophene rings is 3. The lowest BCUT2D eigenvalue weighted by atomic mass is 9.64. The van der Waals surface area contributed by atoms with Gasteiger partial charge in [-0.25, -0.2) is 0 Å². The lowest BCUT2D eigenvalue weighted by molar-refractivity contribution is 0.658. The van der Waals surface area contributed by atoms with Gasteiger partial charge < -0.3 is 9.47 Å². The molecular weight excluding hydrogens is 773 g/mol. The van der Waals surface area contributed by atoms with Crippen LogP contribution in [0.1, 0.15) is 47.2 Å². The van der Waals surface area contributed by atoms with E-state index in [4.69, 9.17) is 0 Å². The molecule has 0 atom stereocenters. The van der Waals surface area contributed by atoms with E-state index in [0.29, 0.717) is 0 Å². The van der Waals surface area contributed by atoms with E-state index in [1.54, 1.807) is 0 Å². The largest absolute Gasteiger partial charge is 0.310 e. The summed E-state index contributed by atoms with van der Waals surface area (Å²) in [6.07, 6.45) is 0. The van der Waals surface area contributed by atoms with Crippen LogP contribution in [0.15, 0.2) is 168 Å². The van der Waals surface area contributed by atoms with Gasteiger partial charge in [0.2, 0.25) is 0 Å². The predicted molar refractivity (Wildman–Crippen MR) is 253 cm³/mol. The molecule has 14 rings (SSSR count). The molecule has 2 nitrogen and oxygen atoms in total. The second-order valence-corrected chi connectivity index (χ2v) is 19.8. The van der Waals surface area contributed by atoms with Crippen LogP contribution in [-0.2, 0) is 10.8 Å². The fraction of sp³-hybridized carbons (Fsp3) is 0.0741. The van der Waals surface area contributed by atoms with E-state index < -0.39 is 5.41 Å². The zero-order chi connectivity index (χ0) is 38.8. The van der Waals surface area contributed by atoms with Gasteiger partial charge in [0.05, 0.1) is 27.8 Å². The number of benzene rings is 7. The number of anilines is 3. The molecule has 0 amide bonds. The molecule has 2 aliphatic carbocycles. The van der Waals surface area contributed by atoms with Gasteiger partial charge in [0, 0.05) is 57.5 Å². The van der Waals surface area contributed by atoms with Gasteiger partial charge in [-0.2, -0.15) is 0 Å². The molecule has 0 bridgehead atoms. The molecule has 0 radical (unpaired) electrons. The van der Waals surface area contributed by atoms with Crippen molar-refractivity contribution in [1.82, 2.24) is 4.57 Å². The van der Waals surface area contributed by atoms with Crippen molar-refractivity contribution in [3.63, 3.8) is 0 Å². The van der Waals surface area contributed by atoms with Gasteiger partial charge in [-0.1, -0.05) is 92.7 Å². The van der Waals surface area contributed by atoms with Crippen molar-refractivity contribution in [3.05, 3.63) is 202 Å². The van der Waals surface area contributed by atoms with Crippen LogP contribution in [0.4, 0.5) is 17.1 Å². The molecule has 0 fully saturated rings. The molecule has 278 valence electrons. The number of rotatable bonds is 2. The SMILES string of the molecule is CC1(C)c2ccccc2-c2cc3c(cc21)N(c1ccc2sc4ccc(-n5c6ccccc6c6ccccc65)cc4c2c1)c1ccccc1C31c2ccsc2-c2sccc21. The van der Waals surface area contributed by atoms with Crippen LogP contribution >= 0.6 is 34.0 Å². The zero-order valence-corrected chi connectivity index (χ0v) is 34.7. The van der Waals surface area contributed by atoms with Crippen molar-refractivity contribution < 1.29 is 0 Å². The molecule has 7 aromatic carbocycles. The lowest BCUT2D eigenvalue weighted by Gasteiger charge is -2.45. The molecule has 59 heavy (non-hydrogen) atoms. The summed E-state index contributed by atoms with van der Waals surface area (Å²) in [7, 11) is 0. The van der Waals surface area contributed by atoms with Crippen LogP contribution in [-0.4, -0.2) is 4.57 Å². The first-order valence-corrected chi connectivity index (χ1v) is 22.9. The Morgan fingerprint density at radius 3 is 1.73 bits per heavy atom. The highest BCUT2D eigenvalue weighted by molar-refractivity contribution is 7.25. The Bertz CT molecular complexity index is 3530. The van der Waals surface area contributed by atoms with Crippen molar-refractivity contribution in [3.8, 4) is 26.6 Å². The molecule has 3 aliphatic rings. The topological polar surface area (TPSA) is 8.17 Å². The summed E-state index contributed by atoms with van der Waals surface area (Å²) >= 11 is 5.66. The Morgan fingerprint density at radius 1 is 0.424 bits per heavy atom. The molecule has 5 heterocycles. The maximum atomic E-state index is 2.59. The highest BCUT2D eigenvalue weighted by Gasteiger charge is 2.54. The Hall–Kier alpha value is -6.24. The first-order chi connectivity index (χ1) is 29.0. The van der Waals surface area contributed by atoms with Crippen LogP contribution in [0, 0.1) is 0 Å². The van der Waals surface area contributed by atoms with E-state index in [2.05, 4.69) is 192 Å². The van der Waals surface area contributed by atoms with E-state index in [1.165, 1.54) is 119 Å². The maximum Gasteiger partial charge on any atom is 0.0771 e. The summed E-state index contributed by atoms with van der Waals surface area (Å²) in [5, 5.41) is 9.76. The van der Waals surface area contributed by atoms with Gasteiger partial charge in [0.25, 0.3) is 0 Å². The standard InChI is InChI=1S/C54H34N2S3/c1-53(2)39-14-6-3-11-33(39)36-29-44-48(30-43(36)53)56(47-18-10-7-15-40(47)54(44)41-23-25-57-51(41)52-42(54)24-26-58-52)32-20-22-50-38(28-32)37-27-31(19-21-49(37)59-50)55-45-16-8-4-12-34(45)35-13-5-9-17-46(35)55/h3-30H,1-2H3. The van der Waals surface area contributed by atoms with Crippen LogP contribution in [0.3, 0.4) is 0 Å². The number of hydrogen-bond acceptors (Lipinski definition) is 4. The molecule has 4 aromatic heterocycles. The summed E-state index contributed by atoms with van der Waals surface area (Å²) in [5.41, 5.74) is 17.9. The fourth-order valence-corrected chi connectivity index (χ4v) is 14.4. The van der Waals surface area contributed by atoms with Crippen LogP contribution in [0.2, 0.25) is 0 Å². The quantitative estimate of drug-likeness (QED) is 0.169. The fourth-order valence-electron chi connectivity index (χ4n) is 11.3. The number of nitrogens with zero attached hydrogens (tertiary/aromatic N) is 2. The summed E-state index contributed by atoms with van der Waals surface area (Å²) in [4.78, 5) is 5.41. The lowest BCUT2D eigenvalue weighted by Crippen LogP contribution is -2.36. The van der Waals surface area contributed by atoms with Crippen LogP contribution in [0.5, 0.6) is 0 Å². The average Bonchev–Trinajstić information content (AvgIpc) is 4.13. The highest BCUT2D eigenvalue weighted by atomic mass is 32.1. The number of hydrogen-bond donors (Lipinski definition) is 0. The summed E-state index contributed by atoms with van der Waals surface area (Å²) < 4.78 is 5.04. The van der Waals surface area contributed by atoms with E-state index in [-0.39, 0.29) is 5.41 Å². The van der Waals surface area contributed by atoms with Gasteiger partial charge >= 0.3 is 0 Å². The predicted octanol–water partition coefficient (Wildman–Crippen LogP) is 15.7. The molecular formula is C54H34N2S3. The Labute approximate surface area is 353 Å². The monoisotopic (exact) mass is 806 g/mol. The average molecular weight is 807 g/mol. The minimum absolute atomic E-state index is 0.135. The van der Waals surface area contributed by atoms with Gasteiger partial charge in [0.1, 0.15) is 0 Å². The van der Waals surface area contributed by atoms with Crippen molar-refractivity contribution in [2.45, 2.75) is 24.7 Å². The molecule has 1 aliphatic heterocycles. The van der Waals surface area contributed by atoms with Crippen molar-refractivity contribution in [2.75, 3.05) is 4.90 Å². The normalized spacial score (nSPS) is 15.2. The van der Waals surface area contributed by atoms with Gasteiger partial charge in [-0.05, 0) is 134 Å². The minimum Gasteiger partial charge on any atom is -0.310 e. The first kappa shape index (κ1) is 32.7.